The Balaban J connectivity index is 1.76. The first-order valence-corrected chi connectivity index (χ1v) is 10.4. The van der Waals surface area contributed by atoms with Crippen molar-refractivity contribution < 1.29 is 23.8 Å². The highest BCUT2D eigenvalue weighted by molar-refractivity contribution is 7.20. The maximum absolute atomic E-state index is 12.9. The number of hydrogen-bond donors (Lipinski definition) is 1. The standard InChI is InChI=1S/C21H23N3O6S/c1-4-29-15-7-5-14(6-8-15)23-16(25)11-24-12-22-19-17(20(24)26)13(2)18(31-19)21(27)30-10-9-28-3/h5-8,12H,4,9-11H2,1-3H3,(H,23,25). The minimum atomic E-state index is -0.531. The monoisotopic (exact) mass is 445 g/mol. The van der Waals surface area contributed by atoms with Gasteiger partial charge in [-0.25, -0.2) is 9.78 Å². The van der Waals surface area contributed by atoms with E-state index in [-0.39, 0.29) is 25.7 Å². The predicted octanol–water partition coefficient (Wildman–Crippen LogP) is 2.61. The Kier molecular flexibility index (Phi) is 7.37. The lowest BCUT2D eigenvalue weighted by molar-refractivity contribution is -0.116. The van der Waals surface area contributed by atoms with E-state index in [0.717, 1.165) is 11.3 Å². The van der Waals surface area contributed by atoms with E-state index in [2.05, 4.69) is 10.3 Å². The molecule has 0 unspecified atom stereocenters. The van der Waals surface area contributed by atoms with Crippen LogP contribution in [-0.4, -0.2) is 48.4 Å². The van der Waals surface area contributed by atoms with Gasteiger partial charge in [-0.2, -0.15) is 0 Å². The van der Waals surface area contributed by atoms with Crippen LogP contribution in [0.15, 0.2) is 35.4 Å². The largest absolute Gasteiger partial charge is 0.494 e. The van der Waals surface area contributed by atoms with Crippen molar-refractivity contribution in [3.05, 3.63) is 51.4 Å². The molecule has 0 aliphatic rings. The van der Waals surface area contributed by atoms with Crippen LogP contribution in [0.3, 0.4) is 0 Å². The zero-order chi connectivity index (χ0) is 22.4. The molecule has 0 aliphatic carbocycles. The summed E-state index contributed by atoms with van der Waals surface area (Å²) in [6.45, 7) is 4.30. The molecule has 1 N–H and O–H groups in total. The van der Waals surface area contributed by atoms with Gasteiger partial charge in [0.05, 0.1) is 24.9 Å². The number of rotatable bonds is 9. The van der Waals surface area contributed by atoms with Gasteiger partial charge in [0, 0.05) is 12.8 Å². The van der Waals surface area contributed by atoms with Gasteiger partial charge in [-0.3, -0.25) is 14.2 Å². The van der Waals surface area contributed by atoms with Crippen LogP contribution in [0.2, 0.25) is 0 Å². The van der Waals surface area contributed by atoms with Crippen LogP contribution in [-0.2, 0) is 20.8 Å². The quantitative estimate of drug-likeness (QED) is 0.398. The second-order valence-electron chi connectivity index (χ2n) is 6.55. The van der Waals surface area contributed by atoms with Gasteiger partial charge in [0.15, 0.2) is 0 Å². The normalized spacial score (nSPS) is 10.8. The SMILES string of the molecule is CCOc1ccc(NC(=O)Cn2cnc3sc(C(=O)OCCOC)c(C)c3c2=O)cc1. The molecule has 0 spiro atoms. The molecule has 3 aromatic rings. The fourth-order valence-electron chi connectivity index (χ4n) is 2.91. The number of fused-ring (bicyclic) bond motifs is 1. The van der Waals surface area contributed by atoms with E-state index in [1.807, 2.05) is 6.92 Å². The van der Waals surface area contributed by atoms with Gasteiger partial charge in [-0.15, -0.1) is 11.3 Å². The third-order valence-corrected chi connectivity index (χ3v) is 5.57. The van der Waals surface area contributed by atoms with E-state index in [1.165, 1.54) is 18.0 Å². The smallest absolute Gasteiger partial charge is 0.348 e. The lowest BCUT2D eigenvalue weighted by Gasteiger charge is -2.08. The first kappa shape index (κ1) is 22.4. The summed E-state index contributed by atoms with van der Waals surface area (Å²) in [5.41, 5.74) is 0.682. The molecule has 0 saturated carbocycles. The van der Waals surface area contributed by atoms with E-state index in [1.54, 1.807) is 31.2 Å². The number of esters is 1. The number of anilines is 1. The van der Waals surface area contributed by atoms with Gasteiger partial charge in [-0.05, 0) is 43.7 Å². The van der Waals surface area contributed by atoms with Crippen molar-refractivity contribution in [1.82, 2.24) is 9.55 Å². The van der Waals surface area contributed by atoms with Gasteiger partial charge in [0.2, 0.25) is 5.91 Å². The van der Waals surface area contributed by atoms with E-state index in [4.69, 9.17) is 14.2 Å². The number of carbonyl (C=O) groups is 2. The molecule has 0 aliphatic heterocycles. The van der Waals surface area contributed by atoms with Crippen LogP contribution in [0.5, 0.6) is 5.75 Å². The van der Waals surface area contributed by atoms with Crippen molar-refractivity contribution in [3.63, 3.8) is 0 Å². The van der Waals surface area contributed by atoms with E-state index in [9.17, 15) is 14.4 Å². The molecule has 10 heteroatoms. The van der Waals surface area contributed by atoms with Crippen molar-refractivity contribution in [3.8, 4) is 5.75 Å². The van der Waals surface area contributed by atoms with Gasteiger partial charge >= 0.3 is 5.97 Å². The summed E-state index contributed by atoms with van der Waals surface area (Å²) in [6.07, 6.45) is 1.30. The second kappa shape index (κ2) is 10.2. The molecular formula is C21H23N3O6S. The summed E-state index contributed by atoms with van der Waals surface area (Å²) in [6, 6.07) is 6.94. The average Bonchev–Trinajstić information content (AvgIpc) is 3.09. The van der Waals surface area contributed by atoms with Crippen molar-refractivity contribution >= 4 is 39.1 Å². The fourth-order valence-corrected chi connectivity index (χ4v) is 3.94. The van der Waals surface area contributed by atoms with Crippen LogP contribution >= 0.6 is 11.3 Å². The maximum Gasteiger partial charge on any atom is 0.348 e. The third kappa shape index (κ3) is 5.28. The van der Waals surface area contributed by atoms with E-state index in [0.29, 0.717) is 38.7 Å². The van der Waals surface area contributed by atoms with Gasteiger partial charge in [0.25, 0.3) is 5.56 Å². The number of nitrogens with zero attached hydrogens (tertiary/aromatic N) is 2. The Morgan fingerprint density at radius 3 is 2.61 bits per heavy atom. The Labute approximate surface area is 182 Å². The molecule has 0 radical (unpaired) electrons. The zero-order valence-electron chi connectivity index (χ0n) is 17.5. The molecule has 9 nitrogen and oxygen atoms in total. The Morgan fingerprint density at radius 2 is 1.94 bits per heavy atom. The number of methoxy groups -OCH3 is 1. The number of thiophene rings is 1. The summed E-state index contributed by atoms with van der Waals surface area (Å²) in [4.78, 5) is 42.6. The number of carbonyl (C=O) groups excluding carboxylic acids is 2. The summed E-state index contributed by atoms with van der Waals surface area (Å²) < 4.78 is 16.6. The fraction of sp³-hybridized carbons (Fsp3) is 0.333. The Hall–Kier alpha value is -3.24. The lowest BCUT2D eigenvalue weighted by Crippen LogP contribution is -2.27. The summed E-state index contributed by atoms with van der Waals surface area (Å²) in [5.74, 6) is -0.202. The van der Waals surface area contributed by atoms with Crippen molar-refractivity contribution in [2.45, 2.75) is 20.4 Å². The van der Waals surface area contributed by atoms with Crippen LogP contribution in [0.25, 0.3) is 10.2 Å². The van der Waals surface area contributed by atoms with Crippen LogP contribution in [0.4, 0.5) is 5.69 Å². The van der Waals surface area contributed by atoms with E-state index < -0.39 is 11.5 Å². The molecule has 31 heavy (non-hydrogen) atoms. The van der Waals surface area contributed by atoms with Gasteiger partial charge < -0.3 is 19.5 Å². The number of amides is 1. The van der Waals surface area contributed by atoms with Crippen molar-refractivity contribution in [2.75, 3.05) is 32.2 Å². The van der Waals surface area contributed by atoms with Crippen molar-refractivity contribution in [1.29, 1.82) is 0 Å². The first-order valence-electron chi connectivity index (χ1n) is 9.62. The highest BCUT2D eigenvalue weighted by atomic mass is 32.1. The van der Waals surface area contributed by atoms with E-state index >= 15 is 0 Å². The Morgan fingerprint density at radius 1 is 1.19 bits per heavy atom. The summed E-state index contributed by atoms with van der Waals surface area (Å²) in [7, 11) is 1.51. The van der Waals surface area contributed by atoms with Gasteiger partial charge in [0.1, 0.15) is 28.6 Å². The number of benzene rings is 1. The first-order chi connectivity index (χ1) is 14.9. The number of ether oxygens (including phenoxy) is 3. The lowest BCUT2D eigenvalue weighted by atomic mass is 10.2. The zero-order valence-corrected chi connectivity index (χ0v) is 18.3. The topological polar surface area (TPSA) is 109 Å². The average molecular weight is 445 g/mol. The molecule has 2 aromatic heterocycles. The molecule has 0 saturated heterocycles. The van der Waals surface area contributed by atoms with Crippen LogP contribution in [0, 0.1) is 6.92 Å². The predicted molar refractivity (Wildman–Crippen MR) is 117 cm³/mol. The van der Waals surface area contributed by atoms with Gasteiger partial charge in [-0.1, -0.05) is 0 Å². The summed E-state index contributed by atoms with van der Waals surface area (Å²) >= 11 is 1.09. The van der Waals surface area contributed by atoms with Crippen molar-refractivity contribution in [2.24, 2.45) is 0 Å². The molecule has 1 amide bonds. The highest BCUT2D eigenvalue weighted by Gasteiger charge is 2.21. The van der Waals surface area contributed by atoms with Crippen LogP contribution in [0.1, 0.15) is 22.2 Å². The molecular weight excluding hydrogens is 422 g/mol. The number of hydrogen-bond acceptors (Lipinski definition) is 8. The molecule has 1 aromatic carbocycles. The molecule has 3 rings (SSSR count). The van der Waals surface area contributed by atoms with Crippen LogP contribution < -0.4 is 15.6 Å². The minimum absolute atomic E-state index is 0.117. The summed E-state index contributed by atoms with van der Waals surface area (Å²) in [5, 5.41) is 3.04. The molecule has 0 fully saturated rings. The minimum Gasteiger partial charge on any atom is -0.494 e. The third-order valence-electron chi connectivity index (χ3n) is 4.39. The Bertz CT molecular complexity index is 1140. The number of aryl methyl sites for hydroxylation is 1. The number of aromatic nitrogens is 2. The number of nitrogens with one attached hydrogen (secondary N) is 1. The molecule has 0 atom stereocenters. The second-order valence-corrected chi connectivity index (χ2v) is 7.55. The maximum atomic E-state index is 12.9. The molecule has 164 valence electrons. The highest BCUT2D eigenvalue weighted by Crippen LogP contribution is 2.27. The molecule has 2 heterocycles. The molecule has 0 bridgehead atoms.